The van der Waals surface area contributed by atoms with E-state index in [1.165, 1.54) is 0 Å². The summed E-state index contributed by atoms with van der Waals surface area (Å²) in [5.41, 5.74) is 9.87. The van der Waals surface area contributed by atoms with E-state index in [0.29, 0.717) is 11.3 Å². The largest absolute Gasteiger partial charge is 0.399 e. The Balaban J connectivity index is 2.40. The number of carbonyl (C=O) groups is 1. The molecule has 0 saturated carbocycles. The molecule has 2 N–H and O–H groups in total. The van der Waals surface area contributed by atoms with Crippen molar-refractivity contribution in [3.8, 4) is 0 Å². The van der Waals surface area contributed by atoms with Gasteiger partial charge in [0.2, 0.25) is 0 Å². The van der Waals surface area contributed by atoms with Crippen molar-refractivity contribution in [3.05, 3.63) is 64.7 Å². The van der Waals surface area contributed by atoms with Crippen LogP contribution in [0, 0.1) is 13.8 Å². The van der Waals surface area contributed by atoms with E-state index in [-0.39, 0.29) is 5.78 Å². The SMILES string of the molecule is Cc1cc(C)cc(C(=O)c2ccc(N)cc2)c1. The molecule has 2 rings (SSSR count). The van der Waals surface area contributed by atoms with Crippen LogP contribution in [-0.2, 0) is 0 Å². The van der Waals surface area contributed by atoms with Gasteiger partial charge in [-0.2, -0.15) is 0 Å². The molecule has 0 aliphatic heterocycles. The molecular formula is C15H15NO. The normalized spacial score (nSPS) is 10.2. The van der Waals surface area contributed by atoms with Crippen LogP contribution in [0.4, 0.5) is 5.69 Å². The average molecular weight is 225 g/mol. The molecule has 0 unspecified atom stereocenters. The summed E-state index contributed by atoms with van der Waals surface area (Å²) in [6, 6.07) is 12.9. The molecule has 2 aromatic rings. The Kier molecular flexibility index (Phi) is 2.96. The van der Waals surface area contributed by atoms with Gasteiger partial charge < -0.3 is 5.73 Å². The van der Waals surface area contributed by atoms with Crippen molar-refractivity contribution in [1.29, 1.82) is 0 Å². The quantitative estimate of drug-likeness (QED) is 0.630. The summed E-state index contributed by atoms with van der Waals surface area (Å²) in [4.78, 5) is 12.2. The van der Waals surface area contributed by atoms with E-state index in [1.807, 2.05) is 26.0 Å². The van der Waals surface area contributed by atoms with Gasteiger partial charge in [-0.1, -0.05) is 17.2 Å². The lowest BCUT2D eigenvalue weighted by Gasteiger charge is -2.04. The lowest BCUT2D eigenvalue weighted by Crippen LogP contribution is -2.02. The van der Waals surface area contributed by atoms with Gasteiger partial charge in [0.25, 0.3) is 0 Å². The summed E-state index contributed by atoms with van der Waals surface area (Å²) < 4.78 is 0. The number of benzene rings is 2. The Labute approximate surface area is 101 Å². The zero-order chi connectivity index (χ0) is 12.4. The van der Waals surface area contributed by atoms with E-state index in [2.05, 4.69) is 6.07 Å². The van der Waals surface area contributed by atoms with Crippen molar-refractivity contribution in [1.82, 2.24) is 0 Å². The van der Waals surface area contributed by atoms with Crippen molar-refractivity contribution in [3.63, 3.8) is 0 Å². The van der Waals surface area contributed by atoms with Crippen LogP contribution in [-0.4, -0.2) is 5.78 Å². The van der Waals surface area contributed by atoms with Crippen LogP contribution in [0.25, 0.3) is 0 Å². The van der Waals surface area contributed by atoms with Crippen LogP contribution in [0.2, 0.25) is 0 Å². The highest BCUT2D eigenvalue weighted by molar-refractivity contribution is 6.09. The van der Waals surface area contributed by atoms with Crippen LogP contribution in [0.5, 0.6) is 0 Å². The maximum atomic E-state index is 12.2. The molecule has 0 heterocycles. The highest BCUT2D eigenvalue weighted by atomic mass is 16.1. The van der Waals surface area contributed by atoms with E-state index in [9.17, 15) is 4.79 Å². The molecule has 0 aliphatic rings. The zero-order valence-electron chi connectivity index (χ0n) is 10.0. The topological polar surface area (TPSA) is 43.1 Å². The molecule has 17 heavy (non-hydrogen) atoms. The monoisotopic (exact) mass is 225 g/mol. The lowest BCUT2D eigenvalue weighted by molar-refractivity contribution is 0.103. The molecule has 0 amide bonds. The van der Waals surface area contributed by atoms with Crippen molar-refractivity contribution in [2.24, 2.45) is 0 Å². The van der Waals surface area contributed by atoms with Gasteiger partial charge in [0, 0.05) is 16.8 Å². The third kappa shape index (κ3) is 2.53. The predicted octanol–water partition coefficient (Wildman–Crippen LogP) is 3.12. The predicted molar refractivity (Wildman–Crippen MR) is 70.2 cm³/mol. The molecule has 0 bridgehead atoms. The first-order chi connectivity index (χ1) is 8.06. The molecule has 0 fully saturated rings. The molecule has 0 saturated heterocycles. The molecule has 86 valence electrons. The lowest BCUT2D eigenvalue weighted by atomic mass is 9.99. The first-order valence-corrected chi connectivity index (χ1v) is 5.55. The summed E-state index contributed by atoms with van der Waals surface area (Å²) in [5.74, 6) is 0.0387. The Morgan fingerprint density at radius 1 is 0.882 bits per heavy atom. The number of rotatable bonds is 2. The fourth-order valence-electron chi connectivity index (χ4n) is 1.91. The Hall–Kier alpha value is -2.09. The maximum Gasteiger partial charge on any atom is 0.193 e. The molecule has 0 atom stereocenters. The summed E-state index contributed by atoms with van der Waals surface area (Å²) in [6.45, 7) is 3.99. The maximum absolute atomic E-state index is 12.2. The number of hydrogen-bond donors (Lipinski definition) is 1. The van der Waals surface area contributed by atoms with Crippen molar-refractivity contribution in [2.45, 2.75) is 13.8 Å². The minimum atomic E-state index is 0.0387. The van der Waals surface area contributed by atoms with Crippen LogP contribution in [0.15, 0.2) is 42.5 Å². The van der Waals surface area contributed by atoms with Gasteiger partial charge in [-0.15, -0.1) is 0 Å². The van der Waals surface area contributed by atoms with E-state index in [1.54, 1.807) is 24.3 Å². The van der Waals surface area contributed by atoms with Gasteiger partial charge in [0.15, 0.2) is 5.78 Å². The van der Waals surface area contributed by atoms with E-state index >= 15 is 0 Å². The Morgan fingerprint density at radius 3 is 1.94 bits per heavy atom. The molecule has 2 aromatic carbocycles. The minimum absolute atomic E-state index is 0.0387. The number of nitrogens with two attached hydrogens (primary N) is 1. The van der Waals surface area contributed by atoms with Crippen LogP contribution < -0.4 is 5.73 Å². The smallest absolute Gasteiger partial charge is 0.193 e. The van der Waals surface area contributed by atoms with Gasteiger partial charge >= 0.3 is 0 Å². The molecule has 0 aliphatic carbocycles. The highest BCUT2D eigenvalue weighted by Gasteiger charge is 2.09. The number of aryl methyl sites for hydroxylation is 2. The first kappa shape index (κ1) is 11.4. The molecule has 0 radical (unpaired) electrons. The molecular weight excluding hydrogens is 210 g/mol. The summed E-state index contributed by atoms with van der Waals surface area (Å²) in [6.07, 6.45) is 0. The van der Waals surface area contributed by atoms with Crippen molar-refractivity contribution in [2.75, 3.05) is 5.73 Å². The standard InChI is InChI=1S/C15H15NO/c1-10-7-11(2)9-13(8-10)15(17)12-3-5-14(16)6-4-12/h3-9H,16H2,1-2H3. The van der Waals surface area contributed by atoms with E-state index in [4.69, 9.17) is 5.73 Å². The number of ketones is 1. The number of hydrogen-bond acceptors (Lipinski definition) is 2. The molecule has 0 spiro atoms. The Bertz CT molecular complexity index is 535. The van der Waals surface area contributed by atoms with Crippen LogP contribution >= 0.6 is 0 Å². The second-order valence-corrected chi connectivity index (χ2v) is 4.33. The van der Waals surface area contributed by atoms with Gasteiger partial charge in [-0.25, -0.2) is 0 Å². The number of anilines is 1. The summed E-state index contributed by atoms with van der Waals surface area (Å²) in [5, 5.41) is 0. The second-order valence-electron chi connectivity index (χ2n) is 4.33. The molecule has 0 aromatic heterocycles. The van der Waals surface area contributed by atoms with Crippen molar-refractivity contribution >= 4 is 11.5 Å². The minimum Gasteiger partial charge on any atom is -0.399 e. The molecule has 2 heteroatoms. The first-order valence-electron chi connectivity index (χ1n) is 5.55. The zero-order valence-corrected chi connectivity index (χ0v) is 10.0. The second kappa shape index (κ2) is 4.42. The van der Waals surface area contributed by atoms with Gasteiger partial charge in [-0.05, 0) is 50.2 Å². The van der Waals surface area contributed by atoms with Gasteiger partial charge in [0.05, 0.1) is 0 Å². The average Bonchev–Trinajstić information content (AvgIpc) is 2.28. The third-order valence-electron chi connectivity index (χ3n) is 2.66. The highest BCUT2D eigenvalue weighted by Crippen LogP contribution is 2.15. The summed E-state index contributed by atoms with van der Waals surface area (Å²) >= 11 is 0. The van der Waals surface area contributed by atoms with Gasteiger partial charge in [0.1, 0.15) is 0 Å². The van der Waals surface area contributed by atoms with E-state index < -0.39 is 0 Å². The fraction of sp³-hybridized carbons (Fsp3) is 0.133. The fourth-order valence-corrected chi connectivity index (χ4v) is 1.91. The van der Waals surface area contributed by atoms with Crippen LogP contribution in [0.3, 0.4) is 0 Å². The van der Waals surface area contributed by atoms with Gasteiger partial charge in [-0.3, -0.25) is 4.79 Å². The number of nitrogen functional groups attached to an aromatic ring is 1. The molecule has 2 nitrogen and oxygen atoms in total. The third-order valence-corrected chi connectivity index (χ3v) is 2.66. The Morgan fingerprint density at radius 2 is 1.41 bits per heavy atom. The number of carbonyl (C=O) groups excluding carboxylic acids is 1. The van der Waals surface area contributed by atoms with Crippen LogP contribution in [0.1, 0.15) is 27.0 Å². The van der Waals surface area contributed by atoms with E-state index in [0.717, 1.165) is 16.7 Å². The summed E-state index contributed by atoms with van der Waals surface area (Å²) in [7, 11) is 0. The van der Waals surface area contributed by atoms with Crippen molar-refractivity contribution < 1.29 is 4.79 Å².